The molecule has 3 heterocycles. The lowest BCUT2D eigenvalue weighted by Gasteiger charge is -2.44. The summed E-state index contributed by atoms with van der Waals surface area (Å²) in [5.41, 5.74) is 5.80. The number of fused-ring (bicyclic) bond motifs is 3. The number of piperidine rings is 3. The van der Waals surface area contributed by atoms with Gasteiger partial charge in [0.15, 0.2) is 0 Å². The fourth-order valence-corrected chi connectivity index (χ4v) is 5.18. The number of nitrogens with one attached hydrogen (secondary N) is 1. The van der Waals surface area contributed by atoms with Gasteiger partial charge in [-0.1, -0.05) is 23.2 Å². The van der Waals surface area contributed by atoms with Crippen LogP contribution in [0.5, 0.6) is 0 Å². The molecule has 3 aliphatic heterocycles. The minimum Gasteiger partial charge on any atom is -0.396 e. The van der Waals surface area contributed by atoms with Crippen LogP contribution in [0.2, 0.25) is 10.0 Å². The summed E-state index contributed by atoms with van der Waals surface area (Å²) >= 11 is 11.9. The maximum atomic E-state index is 12.5. The van der Waals surface area contributed by atoms with Crippen molar-refractivity contribution in [3.63, 3.8) is 0 Å². The number of nitrogen functional groups attached to an aromatic ring is 1. The molecule has 1 atom stereocenters. The summed E-state index contributed by atoms with van der Waals surface area (Å²) in [6.07, 6.45) is 2.06. The van der Waals surface area contributed by atoms with Crippen LogP contribution in [0, 0.1) is 5.92 Å². The van der Waals surface area contributed by atoms with Gasteiger partial charge in [-0.2, -0.15) is 0 Å². The molecule has 2 bridgehead atoms. The van der Waals surface area contributed by atoms with E-state index < -0.39 is 10.0 Å². The Morgan fingerprint density at radius 1 is 1.24 bits per heavy atom. The van der Waals surface area contributed by atoms with Crippen molar-refractivity contribution in [1.29, 1.82) is 0 Å². The molecule has 0 aliphatic carbocycles. The highest BCUT2D eigenvalue weighted by Crippen LogP contribution is 2.34. The summed E-state index contributed by atoms with van der Waals surface area (Å²) in [6, 6.07) is 2.78. The SMILES string of the molecule is Nc1c(Cl)ccc(S(=O)(=O)NC2CN3CCC2CC3)c1Cl. The van der Waals surface area contributed by atoms with Gasteiger partial charge in [-0.05, 0) is 44.0 Å². The van der Waals surface area contributed by atoms with E-state index in [4.69, 9.17) is 28.9 Å². The highest BCUT2D eigenvalue weighted by molar-refractivity contribution is 7.89. The zero-order valence-electron chi connectivity index (χ0n) is 11.4. The molecule has 8 heteroatoms. The van der Waals surface area contributed by atoms with E-state index in [0.717, 1.165) is 32.5 Å². The lowest BCUT2D eigenvalue weighted by atomic mass is 9.85. The second kappa shape index (κ2) is 5.59. The number of anilines is 1. The Kier molecular flexibility index (Phi) is 4.09. The monoisotopic (exact) mass is 349 g/mol. The number of nitrogens with two attached hydrogens (primary N) is 1. The first-order valence-corrected chi connectivity index (χ1v) is 9.10. The second-order valence-corrected chi connectivity index (χ2v) is 8.11. The van der Waals surface area contributed by atoms with Gasteiger partial charge < -0.3 is 10.6 Å². The number of sulfonamides is 1. The average molecular weight is 350 g/mol. The molecular formula is C13H17Cl2N3O2S. The Labute approximate surface area is 134 Å². The predicted octanol–water partition coefficient (Wildman–Crippen LogP) is 1.95. The molecule has 0 saturated carbocycles. The molecule has 3 saturated heterocycles. The van der Waals surface area contributed by atoms with Gasteiger partial charge in [0, 0.05) is 12.6 Å². The van der Waals surface area contributed by atoms with Crippen molar-refractivity contribution in [3.05, 3.63) is 22.2 Å². The minimum absolute atomic E-state index is 0.0116. The summed E-state index contributed by atoms with van der Waals surface area (Å²) in [5.74, 6) is 0.396. The molecule has 3 N–H and O–H groups in total. The molecule has 1 aromatic rings. The molecule has 0 spiro atoms. The molecule has 0 amide bonds. The topological polar surface area (TPSA) is 75.4 Å². The van der Waals surface area contributed by atoms with Gasteiger partial charge in [-0.25, -0.2) is 13.1 Å². The molecule has 3 aliphatic rings. The normalized spacial score (nSPS) is 28.8. The van der Waals surface area contributed by atoms with Gasteiger partial charge >= 0.3 is 0 Å². The highest BCUT2D eigenvalue weighted by atomic mass is 35.5. The van der Waals surface area contributed by atoms with Crippen molar-refractivity contribution < 1.29 is 8.42 Å². The molecular weight excluding hydrogens is 333 g/mol. The lowest BCUT2D eigenvalue weighted by molar-refractivity contribution is 0.0827. The summed E-state index contributed by atoms with van der Waals surface area (Å²) in [4.78, 5) is 2.27. The van der Waals surface area contributed by atoms with E-state index in [9.17, 15) is 8.42 Å². The van der Waals surface area contributed by atoms with Crippen LogP contribution in [0.25, 0.3) is 0 Å². The third-order valence-corrected chi connectivity index (χ3v) is 6.72. The Hall–Kier alpha value is -0.530. The van der Waals surface area contributed by atoms with E-state index in [1.807, 2.05) is 0 Å². The number of benzene rings is 1. The maximum absolute atomic E-state index is 12.5. The molecule has 0 aromatic heterocycles. The van der Waals surface area contributed by atoms with E-state index in [1.54, 1.807) is 0 Å². The molecule has 1 aromatic carbocycles. The Morgan fingerprint density at radius 2 is 1.90 bits per heavy atom. The van der Waals surface area contributed by atoms with Crippen LogP contribution in [0.3, 0.4) is 0 Å². The van der Waals surface area contributed by atoms with Crippen LogP contribution in [0.15, 0.2) is 17.0 Å². The molecule has 5 nitrogen and oxygen atoms in total. The van der Waals surface area contributed by atoms with E-state index in [2.05, 4.69) is 9.62 Å². The lowest BCUT2D eigenvalue weighted by Crippen LogP contribution is -2.57. The third-order valence-electron chi connectivity index (χ3n) is 4.34. The van der Waals surface area contributed by atoms with Crippen molar-refractivity contribution in [3.8, 4) is 0 Å². The van der Waals surface area contributed by atoms with Crippen molar-refractivity contribution in [2.24, 2.45) is 5.92 Å². The van der Waals surface area contributed by atoms with Crippen LogP contribution >= 0.6 is 23.2 Å². The first-order chi connectivity index (χ1) is 9.88. The standard InChI is InChI=1S/C13H17Cl2N3O2S/c14-9-1-2-11(12(15)13(9)16)21(19,20)17-10-7-18-5-3-8(10)4-6-18/h1-2,8,10,17H,3-7,16H2. The van der Waals surface area contributed by atoms with Crippen molar-refractivity contribution in [2.75, 3.05) is 25.4 Å². The zero-order chi connectivity index (χ0) is 15.2. The predicted molar refractivity (Wildman–Crippen MR) is 84.1 cm³/mol. The van der Waals surface area contributed by atoms with Crippen LogP contribution in [0.4, 0.5) is 5.69 Å². The maximum Gasteiger partial charge on any atom is 0.242 e. The number of rotatable bonds is 3. The van der Waals surface area contributed by atoms with Crippen molar-refractivity contribution >= 4 is 38.9 Å². The molecule has 116 valence electrons. The third kappa shape index (κ3) is 2.87. The van der Waals surface area contributed by atoms with E-state index in [1.165, 1.54) is 12.1 Å². The molecule has 21 heavy (non-hydrogen) atoms. The van der Waals surface area contributed by atoms with Gasteiger partial charge in [0.25, 0.3) is 0 Å². The van der Waals surface area contributed by atoms with Crippen molar-refractivity contribution in [1.82, 2.24) is 9.62 Å². The van der Waals surface area contributed by atoms with E-state index in [0.29, 0.717) is 5.92 Å². The van der Waals surface area contributed by atoms with Crippen LogP contribution in [-0.2, 0) is 10.0 Å². The fourth-order valence-electron chi connectivity index (χ4n) is 3.12. The summed E-state index contributed by atoms with van der Waals surface area (Å²) < 4.78 is 27.9. The van der Waals surface area contributed by atoms with E-state index in [-0.39, 0.29) is 26.7 Å². The fraction of sp³-hybridized carbons (Fsp3) is 0.538. The summed E-state index contributed by atoms with van der Waals surface area (Å²) in [6.45, 7) is 2.86. The van der Waals surface area contributed by atoms with Gasteiger partial charge in [-0.3, -0.25) is 0 Å². The van der Waals surface area contributed by atoms with Crippen LogP contribution in [0.1, 0.15) is 12.8 Å². The Bertz CT molecular complexity index is 658. The number of hydrogen-bond acceptors (Lipinski definition) is 4. The van der Waals surface area contributed by atoms with E-state index >= 15 is 0 Å². The first kappa shape index (κ1) is 15.4. The number of hydrogen-bond donors (Lipinski definition) is 2. The molecule has 1 unspecified atom stereocenters. The second-order valence-electron chi connectivity index (χ2n) is 5.64. The quantitative estimate of drug-likeness (QED) is 0.817. The summed E-state index contributed by atoms with van der Waals surface area (Å²) in [5, 5.41) is 0.234. The van der Waals surface area contributed by atoms with Crippen LogP contribution in [-0.4, -0.2) is 39.0 Å². The largest absolute Gasteiger partial charge is 0.396 e. The van der Waals surface area contributed by atoms with Gasteiger partial charge in [0.1, 0.15) is 4.90 Å². The van der Waals surface area contributed by atoms with Gasteiger partial charge in [0.05, 0.1) is 15.7 Å². The Morgan fingerprint density at radius 3 is 2.48 bits per heavy atom. The zero-order valence-corrected chi connectivity index (χ0v) is 13.7. The number of halogens is 2. The molecule has 4 rings (SSSR count). The van der Waals surface area contributed by atoms with Crippen LogP contribution < -0.4 is 10.5 Å². The Balaban J connectivity index is 1.86. The number of nitrogens with zero attached hydrogens (tertiary/aromatic N) is 1. The van der Waals surface area contributed by atoms with Gasteiger partial charge in [-0.15, -0.1) is 0 Å². The molecule has 0 radical (unpaired) electrons. The van der Waals surface area contributed by atoms with Crippen molar-refractivity contribution in [2.45, 2.75) is 23.8 Å². The minimum atomic E-state index is -3.70. The first-order valence-electron chi connectivity index (χ1n) is 6.86. The highest BCUT2D eigenvalue weighted by Gasteiger charge is 2.37. The summed E-state index contributed by atoms with van der Waals surface area (Å²) in [7, 11) is -3.70. The smallest absolute Gasteiger partial charge is 0.242 e. The molecule has 3 fully saturated rings. The average Bonchev–Trinajstić information content (AvgIpc) is 2.45. The van der Waals surface area contributed by atoms with Gasteiger partial charge in [0.2, 0.25) is 10.0 Å².